The van der Waals surface area contributed by atoms with Crippen molar-refractivity contribution < 1.29 is 9.53 Å². The molecule has 1 saturated heterocycles. The summed E-state index contributed by atoms with van der Waals surface area (Å²) in [6, 6.07) is 7.30. The second kappa shape index (κ2) is 7.80. The lowest BCUT2D eigenvalue weighted by atomic mass is 10.2. The van der Waals surface area contributed by atoms with Crippen LogP contribution in [0.2, 0.25) is 0 Å². The number of thioether (sulfide) groups is 1. The van der Waals surface area contributed by atoms with Crippen molar-refractivity contribution in [2.45, 2.75) is 51.1 Å². The van der Waals surface area contributed by atoms with Gasteiger partial charge in [-0.15, -0.1) is 0 Å². The molecule has 1 aromatic carbocycles. The lowest BCUT2D eigenvalue weighted by molar-refractivity contribution is -0.140. The molecule has 1 fully saturated rings. The first-order valence-electron chi connectivity index (χ1n) is 8.94. The summed E-state index contributed by atoms with van der Waals surface area (Å²) in [6.45, 7) is 9.07. The smallest absolute Gasteiger partial charge is 0.262 e. The molecule has 0 radical (unpaired) electrons. The summed E-state index contributed by atoms with van der Waals surface area (Å²) in [5, 5.41) is 1.19. The third-order valence-electron chi connectivity index (χ3n) is 4.39. The second-order valence-electron chi connectivity index (χ2n) is 7.03. The van der Waals surface area contributed by atoms with Crippen LogP contribution < -0.4 is 5.56 Å². The van der Waals surface area contributed by atoms with Gasteiger partial charge >= 0.3 is 0 Å². The number of nitrogens with zero attached hydrogens (tertiary/aromatic N) is 3. The van der Waals surface area contributed by atoms with Gasteiger partial charge in [-0.25, -0.2) is 4.98 Å². The molecule has 0 saturated carbocycles. The van der Waals surface area contributed by atoms with Crippen LogP contribution in [0.25, 0.3) is 10.9 Å². The van der Waals surface area contributed by atoms with E-state index < -0.39 is 0 Å². The largest absolute Gasteiger partial charge is 0.372 e. The second-order valence-corrected chi connectivity index (χ2v) is 7.97. The normalized spacial score (nSPS) is 20.7. The average Bonchev–Trinajstić information content (AvgIpc) is 2.58. The van der Waals surface area contributed by atoms with E-state index in [4.69, 9.17) is 4.74 Å². The van der Waals surface area contributed by atoms with E-state index in [1.807, 2.05) is 50.8 Å². The quantitative estimate of drug-likeness (QED) is 0.607. The first kappa shape index (κ1) is 18.9. The standard InChI is InChI=1S/C19H25N3O3S/c1-12(2)22-18(24)15-7-5-6-8-16(15)20-19(22)26-11-17(23)21-9-13(3)25-14(4)10-21/h5-8,12-14H,9-11H2,1-4H3/t13-,14-/m0/s1. The van der Waals surface area contributed by atoms with Crippen LogP contribution >= 0.6 is 11.8 Å². The highest BCUT2D eigenvalue weighted by atomic mass is 32.2. The van der Waals surface area contributed by atoms with Crippen LogP contribution in [-0.4, -0.2) is 51.4 Å². The van der Waals surface area contributed by atoms with Crippen LogP contribution in [0.3, 0.4) is 0 Å². The van der Waals surface area contributed by atoms with E-state index in [-0.39, 0.29) is 35.5 Å². The molecule has 6 nitrogen and oxygen atoms in total. The molecule has 0 N–H and O–H groups in total. The Kier molecular flexibility index (Phi) is 5.67. The number of amides is 1. The Labute approximate surface area is 157 Å². The molecular formula is C19H25N3O3S. The van der Waals surface area contributed by atoms with E-state index in [1.54, 1.807) is 10.6 Å². The number of aromatic nitrogens is 2. The Morgan fingerprint density at radius 2 is 1.92 bits per heavy atom. The van der Waals surface area contributed by atoms with Gasteiger partial charge in [0.1, 0.15) is 0 Å². The molecule has 140 valence electrons. The van der Waals surface area contributed by atoms with Crippen LogP contribution in [0.15, 0.2) is 34.2 Å². The number of fused-ring (bicyclic) bond motifs is 1. The number of ether oxygens (including phenoxy) is 1. The van der Waals surface area contributed by atoms with Crippen molar-refractivity contribution in [2.75, 3.05) is 18.8 Å². The van der Waals surface area contributed by atoms with Crippen molar-refractivity contribution >= 4 is 28.6 Å². The number of rotatable bonds is 4. The van der Waals surface area contributed by atoms with Crippen molar-refractivity contribution in [2.24, 2.45) is 0 Å². The molecule has 1 aliphatic rings. The molecule has 0 aliphatic carbocycles. The topological polar surface area (TPSA) is 64.4 Å². The molecule has 7 heteroatoms. The Bertz CT molecular complexity index is 855. The number of benzene rings is 1. The molecule has 2 heterocycles. The molecule has 26 heavy (non-hydrogen) atoms. The van der Waals surface area contributed by atoms with Crippen molar-refractivity contribution in [3.05, 3.63) is 34.6 Å². The van der Waals surface area contributed by atoms with Crippen LogP contribution in [-0.2, 0) is 9.53 Å². The van der Waals surface area contributed by atoms with Crippen molar-refractivity contribution in [3.63, 3.8) is 0 Å². The molecule has 1 aliphatic heterocycles. The van der Waals surface area contributed by atoms with E-state index in [1.165, 1.54) is 11.8 Å². The molecule has 1 amide bonds. The fourth-order valence-electron chi connectivity index (χ4n) is 3.28. The van der Waals surface area contributed by atoms with Crippen LogP contribution in [0.4, 0.5) is 0 Å². The predicted molar refractivity (Wildman–Crippen MR) is 104 cm³/mol. The third-order valence-corrected chi connectivity index (χ3v) is 5.33. The van der Waals surface area contributed by atoms with Gasteiger partial charge in [-0.1, -0.05) is 23.9 Å². The summed E-state index contributed by atoms with van der Waals surface area (Å²) >= 11 is 1.33. The molecule has 3 rings (SSSR count). The number of hydrogen-bond acceptors (Lipinski definition) is 5. The van der Waals surface area contributed by atoms with Gasteiger partial charge < -0.3 is 9.64 Å². The summed E-state index contributed by atoms with van der Waals surface area (Å²) in [4.78, 5) is 31.9. The van der Waals surface area contributed by atoms with Gasteiger partial charge in [-0.05, 0) is 39.8 Å². The summed E-state index contributed by atoms with van der Waals surface area (Å²) in [7, 11) is 0. The third kappa shape index (κ3) is 3.94. The summed E-state index contributed by atoms with van der Waals surface area (Å²) in [5.41, 5.74) is 0.604. The Balaban J connectivity index is 1.83. The summed E-state index contributed by atoms with van der Waals surface area (Å²) < 4.78 is 7.36. The van der Waals surface area contributed by atoms with Gasteiger partial charge in [0.15, 0.2) is 5.16 Å². The van der Waals surface area contributed by atoms with E-state index in [0.717, 1.165) is 0 Å². The van der Waals surface area contributed by atoms with Gasteiger partial charge in [0.25, 0.3) is 5.56 Å². The zero-order valence-electron chi connectivity index (χ0n) is 15.6. The Morgan fingerprint density at radius 3 is 2.58 bits per heavy atom. The SMILES string of the molecule is CC(C)n1c(SCC(=O)N2C[C@H](C)O[C@@H](C)C2)nc2ccccc2c1=O. The number of hydrogen-bond donors (Lipinski definition) is 0. The first-order chi connectivity index (χ1) is 12.4. The maximum absolute atomic E-state index is 12.8. The minimum absolute atomic E-state index is 0.0272. The zero-order chi connectivity index (χ0) is 18.8. The van der Waals surface area contributed by atoms with Crippen LogP contribution in [0.1, 0.15) is 33.7 Å². The van der Waals surface area contributed by atoms with E-state index in [9.17, 15) is 9.59 Å². The minimum Gasteiger partial charge on any atom is -0.372 e. The molecule has 0 spiro atoms. The average molecular weight is 375 g/mol. The minimum atomic E-state index is -0.0610. The maximum atomic E-state index is 12.8. The lowest BCUT2D eigenvalue weighted by Gasteiger charge is -2.35. The van der Waals surface area contributed by atoms with E-state index >= 15 is 0 Å². The van der Waals surface area contributed by atoms with E-state index in [0.29, 0.717) is 29.1 Å². The predicted octanol–water partition coefficient (Wildman–Crippen LogP) is 2.71. The molecule has 0 bridgehead atoms. The number of carbonyl (C=O) groups excluding carboxylic acids is 1. The van der Waals surface area contributed by atoms with Gasteiger partial charge in [0, 0.05) is 19.1 Å². The van der Waals surface area contributed by atoms with Crippen molar-refractivity contribution in [3.8, 4) is 0 Å². The van der Waals surface area contributed by atoms with Gasteiger partial charge in [0.05, 0.1) is 28.9 Å². The van der Waals surface area contributed by atoms with E-state index in [2.05, 4.69) is 4.98 Å². The Morgan fingerprint density at radius 1 is 1.27 bits per heavy atom. The monoisotopic (exact) mass is 375 g/mol. The summed E-state index contributed by atoms with van der Waals surface area (Å²) in [6.07, 6.45) is 0.0840. The van der Waals surface area contributed by atoms with Gasteiger partial charge in [-0.2, -0.15) is 0 Å². The van der Waals surface area contributed by atoms with Gasteiger partial charge in [-0.3, -0.25) is 14.2 Å². The van der Waals surface area contributed by atoms with Crippen LogP contribution in [0.5, 0.6) is 0 Å². The number of morpholine rings is 1. The fraction of sp³-hybridized carbons (Fsp3) is 0.526. The van der Waals surface area contributed by atoms with Crippen LogP contribution in [0, 0.1) is 0 Å². The van der Waals surface area contributed by atoms with Gasteiger partial charge in [0.2, 0.25) is 5.91 Å². The van der Waals surface area contributed by atoms with Crippen molar-refractivity contribution in [1.29, 1.82) is 0 Å². The molecule has 1 aromatic heterocycles. The number of carbonyl (C=O) groups is 1. The molecule has 2 aromatic rings. The number of para-hydroxylation sites is 1. The fourth-order valence-corrected chi connectivity index (χ4v) is 4.31. The van der Waals surface area contributed by atoms with Crippen molar-refractivity contribution in [1.82, 2.24) is 14.5 Å². The molecular weight excluding hydrogens is 350 g/mol. The first-order valence-corrected chi connectivity index (χ1v) is 9.92. The highest BCUT2D eigenvalue weighted by Crippen LogP contribution is 2.22. The highest BCUT2D eigenvalue weighted by Gasteiger charge is 2.26. The lowest BCUT2D eigenvalue weighted by Crippen LogP contribution is -2.48. The highest BCUT2D eigenvalue weighted by molar-refractivity contribution is 7.99. The Hall–Kier alpha value is -1.86. The maximum Gasteiger partial charge on any atom is 0.262 e. The molecule has 2 atom stereocenters. The molecule has 0 unspecified atom stereocenters. The summed E-state index contributed by atoms with van der Waals surface area (Å²) in [5.74, 6) is 0.312. The zero-order valence-corrected chi connectivity index (χ0v) is 16.5.